The van der Waals surface area contributed by atoms with E-state index in [2.05, 4.69) is 26.2 Å². The highest BCUT2D eigenvalue weighted by Crippen LogP contribution is 2.35. The first-order valence-electron chi connectivity index (χ1n) is 7.63. The first kappa shape index (κ1) is 19.3. The van der Waals surface area contributed by atoms with E-state index in [0.29, 0.717) is 34.7 Å². The van der Waals surface area contributed by atoms with E-state index < -0.39 is 0 Å². The average molecular weight is 474 g/mol. The van der Waals surface area contributed by atoms with Gasteiger partial charge in [0.1, 0.15) is 6.61 Å². The topological polar surface area (TPSA) is 43.4 Å². The summed E-state index contributed by atoms with van der Waals surface area (Å²) in [4.78, 5) is 4.21. The standard InChI is InChI=1S/C18H15BrCl2N2O2S/c1-24-16-7-12(9-23-18-22-4-5-26-18)13(19)8-17(16)25-10-11-2-3-14(20)15(21)6-11/h2-8H,9-10H2,1H3,(H,22,23). The number of ether oxygens (including phenoxy) is 2. The lowest BCUT2D eigenvalue weighted by molar-refractivity contribution is 0.284. The number of methoxy groups -OCH3 is 1. The summed E-state index contributed by atoms with van der Waals surface area (Å²) in [5.41, 5.74) is 1.96. The molecule has 0 atom stereocenters. The minimum absolute atomic E-state index is 0.358. The predicted molar refractivity (Wildman–Crippen MR) is 111 cm³/mol. The highest BCUT2D eigenvalue weighted by Gasteiger charge is 2.11. The first-order chi connectivity index (χ1) is 12.6. The van der Waals surface area contributed by atoms with Gasteiger partial charge in [-0.1, -0.05) is 45.2 Å². The van der Waals surface area contributed by atoms with Crippen molar-refractivity contribution < 1.29 is 9.47 Å². The number of halogens is 3. The maximum Gasteiger partial charge on any atom is 0.182 e. The largest absolute Gasteiger partial charge is 0.493 e. The molecule has 2 aromatic carbocycles. The highest BCUT2D eigenvalue weighted by molar-refractivity contribution is 9.10. The van der Waals surface area contributed by atoms with Crippen LogP contribution in [0.2, 0.25) is 10.0 Å². The van der Waals surface area contributed by atoms with Crippen molar-refractivity contribution in [2.75, 3.05) is 12.4 Å². The van der Waals surface area contributed by atoms with Crippen LogP contribution in [0, 0.1) is 0 Å². The van der Waals surface area contributed by atoms with E-state index in [1.807, 2.05) is 23.6 Å². The van der Waals surface area contributed by atoms with E-state index in [-0.39, 0.29) is 0 Å². The third-order valence-corrected chi connectivity index (χ3v) is 5.78. The normalized spacial score (nSPS) is 10.6. The summed E-state index contributed by atoms with van der Waals surface area (Å²) in [6, 6.07) is 9.26. The smallest absolute Gasteiger partial charge is 0.182 e. The average Bonchev–Trinajstić information content (AvgIpc) is 3.15. The van der Waals surface area contributed by atoms with Gasteiger partial charge >= 0.3 is 0 Å². The Balaban J connectivity index is 1.72. The lowest BCUT2D eigenvalue weighted by Gasteiger charge is -2.14. The van der Waals surface area contributed by atoms with Gasteiger partial charge in [0, 0.05) is 22.6 Å². The maximum absolute atomic E-state index is 6.05. The fraction of sp³-hybridized carbons (Fsp3) is 0.167. The molecule has 8 heteroatoms. The Morgan fingerprint density at radius 2 is 2.00 bits per heavy atom. The van der Waals surface area contributed by atoms with Crippen molar-refractivity contribution in [2.45, 2.75) is 13.2 Å². The van der Waals surface area contributed by atoms with Crippen LogP contribution in [-0.2, 0) is 13.2 Å². The van der Waals surface area contributed by atoms with Crippen LogP contribution in [0.15, 0.2) is 46.4 Å². The monoisotopic (exact) mass is 472 g/mol. The van der Waals surface area contributed by atoms with Crippen LogP contribution in [0.3, 0.4) is 0 Å². The Labute approximate surface area is 174 Å². The van der Waals surface area contributed by atoms with E-state index in [0.717, 1.165) is 20.7 Å². The van der Waals surface area contributed by atoms with Crippen molar-refractivity contribution in [3.63, 3.8) is 0 Å². The predicted octanol–water partition coefficient (Wildman–Crippen LogP) is 6.41. The Morgan fingerprint density at radius 3 is 2.69 bits per heavy atom. The van der Waals surface area contributed by atoms with Gasteiger partial charge in [0.2, 0.25) is 0 Å². The summed E-state index contributed by atoms with van der Waals surface area (Å²) in [7, 11) is 1.62. The molecule has 4 nitrogen and oxygen atoms in total. The summed E-state index contributed by atoms with van der Waals surface area (Å²) >= 11 is 17.1. The zero-order valence-electron chi connectivity index (χ0n) is 13.8. The number of benzene rings is 2. The molecule has 136 valence electrons. The minimum atomic E-state index is 0.358. The van der Waals surface area contributed by atoms with E-state index in [1.165, 1.54) is 0 Å². The quantitative estimate of drug-likeness (QED) is 0.430. The molecular weight excluding hydrogens is 459 g/mol. The minimum Gasteiger partial charge on any atom is -0.493 e. The lowest BCUT2D eigenvalue weighted by Crippen LogP contribution is -2.03. The molecule has 1 heterocycles. The summed E-state index contributed by atoms with van der Waals surface area (Å²) in [5, 5.41) is 7.10. The van der Waals surface area contributed by atoms with Gasteiger partial charge in [-0.05, 0) is 35.4 Å². The molecule has 0 bridgehead atoms. The molecule has 0 amide bonds. The summed E-state index contributed by atoms with van der Waals surface area (Å²) in [5.74, 6) is 1.30. The number of nitrogens with zero attached hydrogens (tertiary/aromatic N) is 1. The molecule has 0 saturated heterocycles. The molecule has 0 aliphatic heterocycles. The van der Waals surface area contributed by atoms with Gasteiger partial charge < -0.3 is 14.8 Å². The molecule has 3 rings (SSSR count). The molecule has 1 aromatic heterocycles. The van der Waals surface area contributed by atoms with Gasteiger partial charge in [-0.25, -0.2) is 4.98 Å². The van der Waals surface area contributed by atoms with Gasteiger partial charge in [-0.2, -0.15) is 0 Å². The molecule has 0 aliphatic carbocycles. The number of nitrogens with one attached hydrogen (secondary N) is 1. The zero-order valence-corrected chi connectivity index (χ0v) is 17.7. The number of hydrogen-bond donors (Lipinski definition) is 1. The molecule has 0 aliphatic rings. The maximum atomic E-state index is 6.05. The third-order valence-electron chi connectivity index (χ3n) is 3.57. The van der Waals surface area contributed by atoms with E-state index >= 15 is 0 Å². The number of thiazole rings is 1. The Hall–Kier alpha value is -1.47. The van der Waals surface area contributed by atoms with Crippen molar-refractivity contribution in [1.29, 1.82) is 0 Å². The molecule has 0 radical (unpaired) electrons. The first-order valence-corrected chi connectivity index (χ1v) is 10.1. The lowest BCUT2D eigenvalue weighted by atomic mass is 10.2. The van der Waals surface area contributed by atoms with Gasteiger partial charge in [0.15, 0.2) is 16.6 Å². The second-order valence-electron chi connectivity index (χ2n) is 5.32. The third kappa shape index (κ3) is 4.82. The SMILES string of the molecule is COc1cc(CNc2nccs2)c(Br)cc1OCc1ccc(Cl)c(Cl)c1. The van der Waals surface area contributed by atoms with Crippen LogP contribution in [0.5, 0.6) is 11.5 Å². The second-order valence-corrected chi connectivity index (χ2v) is 7.89. The second kappa shape index (κ2) is 8.95. The van der Waals surface area contributed by atoms with Gasteiger partial charge in [-0.3, -0.25) is 0 Å². The molecule has 0 saturated carbocycles. The molecule has 0 fully saturated rings. The Bertz CT molecular complexity index is 891. The van der Waals surface area contributed by atoms with Crippen molar-refractivity contribution in [2.24, 2.45) is 0 Å². The van der Waals surface area contributed by atoms with Gasteiger partial charge in [-0.15, -0.1) is 11.3 Å². The van der Waals surface area contributed by atoms with Gasteiger partial charge in [0.25, 0.3) is 0 Å². The number of anilines is 1. The molecule has 0 unspecified atom stereocenters. The Morgan fingerprint density at radius 1 is 1.15 bits per heavy atom. The van der Waals surface area contributed by atoms with Crippen LogP contribution < -0.4 is 14.8 Å². The van der Waals surface area contributed by atoms with Crippen LogP contribution in [0.4, 0.5) is 5.13 Å². The zero-order chi connectivity index (χ0) is 18.5. The van der Waals surface area contributed by atoms with E-state index in [1.54, 1.807) is 36.8 Å². The van der Waals surface area contributed by atoms with Crippen LogP contribution >= 0.6 is 50.5 Å². The highest BCUT2D eigenvalue weighted by atomic mass is 79.9. The van der Waals surface area contributed by atoms with Gasteiger partial charge in [0.05, 0.1) is 17.2 Å². The van der Waals surface area contributed by atoms with Crippen LogP contribution in [0.1, 0.15) is 11.1 Å². The van der Waals surface area contributed by atoms with E-state index in [4.69, 9.17) is 32.7 Å². The van der Waals surface area contributed by atoms with Crippen molar-refractivity contribution in [3.8, 4) is 11.5 Å². The van der Waals surface area contributed by atoms with E-state index in [9.17, 15) is 0 Å². The van der Waals surface area contributed by atoms with Crippen molar-refractivity contribution >= 4 is 55.6 Å². The number of aromatic nitrogens is 1. The molecule has 3 aromatic rings. The van der Waals surface area contributed by atoms with Crippen molar-refractivity contribution in [3.05, 3.63) is 67.6 Å². The number of hydrogen-bond acceptors (Lipinski definition) is 5. The van der Waals surface area contributed by atoms with Crippen LogP contribution in [-0.4, -0.2) is 12.1 Å². The molecule has 0 spiro atoms. The molecular formula is C18H15BrCl2N2O2S. The Kier molecular flexibility index (Phi) is 6.64. The van der Waals surface area contributed by atoms with Crippen molar-refractivity contribution in [1.82, 2.24) is 4.98 Å². The molecule has 1 N–H and O–H groups in total. The number of rotatable bonds is 7. The molecule has 26 heavy (non-hydrogen) atoms. The fourth-order valence-corrected chi connectivity index (χ4v) is 3.57. The summed E-state index contributed by atoms with van der Waals surface area (Å²) in [6.45, 7) is 0.980. The summed E-state index contributed by atoms with van der Waals surface area (Å²) in [6.07, 6.45) is 1.77. The fourth-order valence-electron chi connectivity index (χ4n) is 2.26. The summed E-state index contributed by atoms with van der Waals surface area (Å²) < 4.78 is 12.3. The van der Waals surface area contributed by atoms with Crippen LogP contribution in [0.25, 0.3) is 0 Å².